The zero-order valence-electron chi connectivity index (χ0n) is 15.2. The Morgan fingerprint density at radius 3 is 1.80 bits per heavy atom. The standard InChI is InChI=1S/C24H11ClI2O3/c25-15-9-5-8-14-18(22-19(26)12-6-1-3-10-16(12)28-22)23(30-21(14)15)24-20(27)13-7-2-4-11-17(13)29-24/h1-11H. The average Bonchev–Trinajstić information content (AvgIpc) is 3.41. The van der Waals surface area contributed by atoms with Gasteiger partial charge in [-0.15, -0.1) is 0 Å². The number of benzene rings is 3. The monoisotopic (exact) mass is 636 g/mol. The lowest BCUT2D eigenvalue weighted by Crippen LogP contribution is -1.82. The molecule has 3 nitrogen and oxygen atoms in total. The molecule has 0 spiro atoms. The van der Waals surface area contributed by atoms with Crippen molar-refractivity contribution in [2.75, 3.05) is 0 Å². The summed E-state index contributed by atoms with van der Waals surface area (Å²) >= 11 is 11.1. The zero-order valence-corrected chi connectivity index (χ0v) is 20.3. The molecule has 0 aliphatic carbocycles. The van der Waals surface area contributed by atoms with Gasteiger partial charge in [0.25, 0.3) is 0 Å². The lowest BCUT2D eigenvalue weighted by Gasteiger charge is -2.00. The molecule has 6 aromatic rings. The van der Waals surface area contributed by atoms with E-state index < -0.39 is 0 Å². The van der Waals surface area contributed by atoms with Crippen LogP contribution in [0.5, 0.6) is 0 Å². The van der Waals surface area contributed by atoms with Crippen molar-refractivity contribution >= 4 is 89.7 Å². The second-order valence-electron chi connectivity index (χ2n) is 6.91. The minimum atomic E-state index is 0.553. The third-order valence-corrected chi connectivity index (χ3v) is 7.61. The first-order valence-electron chi connectivity index (χ1n) is 9.19. The first-order valence-corrected chi connectivity index (χ1v) is 11.7. The summed E-state index contributed by atoms with van der Waals surface area (Å²) in [4.78, 5) is 0. The summed E-state index contributed by atoms with van der Waals surface area (Å²) in [7, 11) is 0. The van der Waals surface area contributed by atoms with Gasteiger partial charge in [-0.2, -0.15) is 0 Å². The molecule has 3 heterocycles. The van der Waals surface area contributed by atoms with Gasteiger partial charge in [-0.05, 0) is 63.4 Å². The molecule has 6 rings (SSSR count). The number of hydrogen-bond acceptors (Lipinski definition) is 3. The van der Waals surface area contributed by atoms with Crippen molar-refractivity contribution in [2.24, 2.45) is 0 Å². The fraction of sp³-hybridized carbons (Fsp3) is 0. The van der Waals surface area contributed by atoms with Crippen LogP contribution in [0.2, 0.25) is 5.02 Å². The maximum atomic E-state index is 6.50. The van der Waals surface area contributed by atoms with Crippen molar-refractivity contribution < 1.29 is 13.3 Å². The van der Waals surface area contributed by atoms with E-state index in [-0.39, 0.29) is 0 Å². The molecule has 0 aliphatic rings. The van der Waals surface area contributed by atoms with Crippen LogP contribution in [0.15, 0.2) is 80.0 Å². The van der Waals surface area contributed by atoms with Crippen molar-refractivity contribution in [1.29, 1.82) is 0 Å². The van der Waals surface area contributed by atoms with Gasteiger partial charge in [-0.1, -0.05) is 60.1 Å². The first-order chi connectivity index (χ1) is 14.6. The van der Waals surface area contributed by atoms with E-state index in [0.717, 1.165) is 45.8 Å². The molecule has 0 unspecified atom stereocenters. The fourth-order valence-electron chi connectivity index (χ4n) is 3.81. The maximum absolute atomic E-state index is 6.50. The number of furan rings is 3. The van der Waals surface area contributed by atoms with E-state index in [0.29, 0.717) is 22.1 Å². The highest BCUT2D eigenvalue weighted by molar-refractivity contribution is 14.1. The fourth-order valence-corrected chi connectivity index (χ4v) is 5.64. The zero-order chi connectivity index (χ0) is 20.4. The molecule has 30 heavy (non-hydrogen) atoms. The third kappa shape index (κ3) is 2.68. The van der Waals surface area contributed by atoms with E-state index in [9.17, 15) is 0 Å². The Morgan fingerprint density at radius 1 is 0.567 bits per heavy atom. The van der Waals surface area contributed by atoms with Crippen LogP contribution in [-0.4, -0.2) is 0 Å². The van der Waals surface area contributed by atoms with Gasteiger partial charge in [0.1, 0.15) is 11.2 Å². The molecule has 0 saturated carbocycles. The van der Waals surface area contributed by atoms with Crippen LogP contribution in [-0.2, 0) is 0 Å². The highest BCUT2D eigenvalue weighted by atomic mass is 127. The predicted octanol–water partition coefficient (Wildman–Crippen LogP) is 9.12. The van der Waals surface area contributed by atoms with Crippen molar-refractivity contribution in [3.8, 4) is 22.8 Å². The normalized spacial score (nSPS) is 11.8. The van der Waals surface area contributed by atoms with Crippen molar-refractivity contribution in [1.82, 2.24) is 0 Å². The second-order valence-corrected chi connectivity index (χ2v) is 9.47. The van der Waals surface area contributed by atoms with Crippen LogP contribution in [0.25, 0.3) is 55.8 Å². The molecule has 0 N–H and O–H groups in total. The minimum Gasteiger partial charge on any atom is -0.455 e. The highest BCUT2D eigenvalue weighted by Crippen LogP contribution is 2.48. The molecule has 0 saturated heterocycles. The Labute approximate surface area is 203 Å². The Morgan fingerprint density at radius 2 is 1.13 bits per heavy atom. The molecule has 0 aliphatic heterocycles. The van der Waals surface area contributed by atoms with Gasteiger partial charge in [0, 0.05) is 16.2 Å². The highest BCUT2D eigenvalue weighted by Gasteiger charge is 2.28. The average molecular weight is 637 g/mol. The topological polar surface area (TPSA) is 39.4 Å². The third-order valence-electron chi connectivity index (χ3n) is 5.17. The summed E-state index contributed by atoms with van der Waals surface area (Å²) in [6.45, 7) is 0. The summed E-state index contributed by atoms with van der Waals surface area (Å²) in [6.07, 6.45) is 0. The lowest BCUT2D eigenvalue weighted by molar-refractivity contribution is 0.565. The van der Waals surface area contributed by atoms with Crippen LogP contribution in [0, 0.1) is 7.14 Å². The molecule has 3 aromatic heterocycles. The maximum Gasteiger partial charge on any atom is 0.184 e. The molecule has 0 bridgehead atoms. The summed E-state index contributed by atoms with van der Waals surface area (Å²) in [5.74, 6) is 2.05. The van der Waals surface area contributed by atoms with Crippen molar-refractivity contribution in [2.45, 2.75) is 0 Å². The van der Waals surface area contributed by atoms with Gasteiger partial charge in [0.2, 0.25) is 0 Å². The van der Waals surface area contributed by atoms with E-state index in [2.05, 4.69) is 51.2 Å². The van der Waals surface area contributed by atoms with E-state index in [1.54, 1.807) is 0 Å². The quantitative estimate of drug-likeness (QED) is 0.178. The van der Waals surface area contributed by atoms with E-state index in [4.69, 9.17) is 24.9 Å². The van der Waals surface area contributed by atoms with Crippen LogP contribution in [0.1, 0.15) is 0 Å². The Hall–Kier alpha value is -1.97. The van der Waals surface area contributed by atoms with Crippen LogP contribution < -0.4 is 0 Å². The molecular formula is C24H11ClI2O3. The minimum absolute atomic E-state index is 0.553. The Kier molecular flexibility index (Phi) is 4.40. The summed E-state index contributed by atoms with van der Waals surface area (Å²) in [5, 5.41) is 3.56. The van der Waals surface area contributed by atoms with Gasteiger partial charge in [-0.25, -0.2) is 0 Å². The number of para-hydroxylation sites is 3. The molecule has 0 atom stereocenters. The van der Waals surface area contributed by atoms with Crippen LogP contribution in [0.4, 0.5) is 0 Å². The molecule has 0 radical (unpaired) electrons. The lowest BCUT2D eigenvalue weighted by atomic mass is 10.1. The van der Waals surface area contributed by atoms with Gasteiger partial charge in [0.15, 0.2) is 22.9 Å². The smallest absolute Gasteiger partial charge is 0.184 e. The number of rotatable bonds is 2. The number of fused-ring (bicyclic) bond motifs is 3. The molecule has 146 valence electrons. The largest absolute Gasteiger partial charge is 0.455 e. The number of hydrogen-bond donors (Lipinski definition) is 0. The molecule has 3 aromatic carbocycles. The Balaban J connectivity index is 1.75. The first kappa shape index (κ1) is 18.8. The molecule has 0 amide bonds. The van der Waals surface area contributed by atoms with Gasteiger partial charge in [-0.3, -0.25) is 0 Å². The SMILES string of the molecule is Clc1cccc2c(-c3oc4ccccc4c3I)c(-c3oc4ccccc4c3I)oc12. The summed E-state index contributed by atoms with van der Waals surface area (Å²) in [6, 6.07) is 21.7. The van der Waals surface area contributed by atoms with E-state index in [1.807, 2.05) is 60.7 Å². The molecule has 6 heteroatoms. The summed E-state index contributed by atoms with van der Waals surface area (Å²) in [5.41, 5.74) is 3.12. The molecule has 0 fully saturated rings. The van der Waals surface area contributed by atoms with Gasteiger partial charge in [0.05, 0.1) is 17.7 Å². The van der Waals surface area contributed by atoms with E-state index in [1.165, 1.54) is 0 Å². The van der Waals surface area contributed by atoms with Crippen molar-refractivity contribution in [3.05, 3.63) is 78.9 Å². The number of halogens is 3. The van der Waals surface area contributed by atoms with Crippen LogP contribution in [0.3, 0.4) is 0 Å². The van der Waals surface area contributed by atoms with Crippen LogP contribution >= 0.6 is 56.8 Å². The Bertz CT molecular complexity index is 1590. The van der Waals surface area contributed by atoms with Gasteiger partial charge >= 0.3 is 0 Å². The second kappa shape index (κ2) is 7.03. The molecular weight excluding hydrogens is 626 g/mol. The predicted molar refractivity (Wildman–Crippen MR) is 137 cm³/mol. The van der Waals surface area contributed by atoms with E-state index >= 15 is 0 Å². The summed E-state index contributed by atoms with van der Waals surface area (Å²) < 4.78 is 20.9. The van der Waals surface area contributed by atoms with Gasteiger partial charge < -0.3 is 13.3 Å². The van der Waals surface area contributed by atoms with Crippen molar-refractivity contribution in [3.63, 3.8) is 0 Å².